The number of carbonyl (C=O) groups excluding carboxylic acids is 2. The number of hydrogen-bond donors (Lipinski definition) is 3. The highest BCUT2D eigenvalue weighted by Crippen LogP contribution is 1.89. The molecule has 0 aliphatic rings. The van der Waals surface area contributed by atoms with Crippen molar-refractivity contribution in [3.8, 4) is 0 Å². The van der Waals surface area contributed by atoms with Crippen molar-refractivity contribution in [2.24, 2.45) is 5.73 Å². The summed E-state index contributed by atoms with van der Waals surface area (Å²) in [5.74, 6) is -0.681. The smallest absolute Gasteiger partial charge is 0.235 e. The van der Waals surface area contributed by atoms with E-state index in [9.17, 15) is 9.59 Å². The van der Waals surface area contributed by atoms with Crippen LogP contribution >= 0.6 is 0 Å². The van der Waals surface area contributed by atoms with E-state index in [0.29, 0.717) is 6.54 Å². The van der Waals surface area contributed by atoms with Crippen LogP contribution in [-0.4, -0.2) is 31.4 Å². The highest BCUT2D eigenvalue weighted by molar-refractivity contribution is 5.87. The van der Waals surface area contributed by atoms with Crippen LogP contribution in [0.4, 0.5) is 0 Å². The third kappa shape index (κ3) is 3.92. The molecule has 70 valence electrons. The van der Waals surface area contributed by atoms with Gasteiger partial charge in [-0.05, 0) is 14.0 Å². The Morgan fingerprint density at radius 1 is 1.50 bits per heavy atom. The zero-order valence-corrected chi connectivity index (χ0v) is 7.39. The van der Waals surface area contributed by atoms with Crippen LogP contribution in [-0.2, 0) is 9.59 Å². The fourth-order valence-corrected chi connectivity index (χ4v) is 0.800. The molecule has 0 aromatic carbocycles. The van der Waals surface area contributed by atoms with Crippen LogP contribution in [0.5, 0.6) is 0 Å². The SMILES string of the molecule is CCNC(=O)CC(NC)C(N)=O. The van der Waals surface area contributed by atoms with Gasteiger partial charge < -0.3 is 16.4 Å². The van der Waals surface area contributed by atoms with E-state index in [1.54, 1.807) is 7.05 Å². The molecular weight excluding hydrogens is 158 g/mol. The van der Waals surface area contributed by atoms with Gasteiger partial charge in [-0.1, -0.05) is 0 Å². The van der Waals surface area contributed by atoms with Crippen molar-refractivity contribution >= 4 is 11.8 Å². The van der Waals surface area contributed by atoms with Crippen molar-refractivity contribution in [2.75, 3.05) is 13.6 Å². The highest BCUT2D eigenvalue weighted by atomic mass is 16.2. The average molecular weight is 173 g/mol. The van der Waals surface area contributed by atoms with E-state index in [1.807, 2.05) is 6.92 Å². The van der Waals surface area contributed by atoms with Crippen LogP contribution in [0, 0.1) is 0 Å². The Labute approximate surface area is 71.7 Å². The van der Waals surface area contributed by atoms with E-state index in [-0.39, 0.29) is 12.3 Å². The predicted octanol–water partition coefficient (Wildman–Crippen LogP) is -1.41. The second-order valence-electron chi connectivity index (χ2n) is 2.40. The summed E-state index contributed by atoms with van der Waals surface area (Å²) < 4.78 is 0. The van der Waals surface area contributed by atoms with Crippen molar-refractivity contribution in [3.63, 3.8) is 0 Å². The zero-order valence-electron chi connectivity index (χ0n) is 7.39. The van der Waals surface area contributed by atoms with Crippen LogP contribution in [0.1, 0.15) is 13.3 Å². The first kappa shape index (κ1) is 10.9. The lowest BCUT2D eigenvalue weighted by Gasteiger charge is -2.10. The normalized spacial score (nSPS) is 12.2. The number of primary amides is 1. The van der Waals surface area contributed by atoms with E-state index < -0.39 is 11.9 Å². The first-order chi connectivity index (χ1) is 5.61. The van der Waals surface area contributed by atoms with Gasteiger partial charge in [-0.15, -0.1) is 0 Å². The van der Waals surface area contributed by atoms with Crippen LogP contribution in [0.15, 0.2) is 0 Å². The standard InChI is InChI=1S/C7H15N3O2/c1-3-10-6(11)4-5(9-2)7(8)12/h5,9H,3-4H2,1-2H3,(H2,8,12)(H,10,11). The van der Waals surface area contributed by atoms with E-state index in [4.69, 9.17) is 5.73 Å². The van der Waals surface area contributed by atoms with Gasteiger partial charge in [0.25, 0.3) is 0 Å². The number of rotatable bonds is 5. The monoisotopic (exact) mass is 173 g/mol. The van der Waals surface area contributed by atoms with Gasteiger partial charge in [-0.2, -0.15) is 0 Å². The minimum Gasteiger partial charge on any atom is -0.368 e. The molecule has 0 rings (SSSR count). The zero-order chi connectivity index (χ0) is 9.56. The second kappa shape index (κ2) is 5.54. The predicted molar refractivity (Wildman–Crippen MR) is 45.3 cm³/mol. The molecule has 0 spiro atoms. The van der Waals surface area contributed by atoms with Gasteiger partial charge in [0.05, 0.1) is 12.5 Å². The first-order valence-electron chi connectivity index (χ1n) is 3.85. The Morgan fingerprint density at radius 2 is 2.08 bits per heavy atom. The fraction of sp³-hybridized carbons (Fsp3) is 0.714. The third-order valence-electron chi connectivity index (χ3n) is 1.46. The molecule has 0 saturated carbocycles. The van der Waals surface area contributed by atoms with E-state index in [1.165, 1.54) is 0 Å². The summed E-state index contributed by atoms with van der Waals surface area (Å²) in [6.07, 6.45) is 0.0969. The lowest BCUT2D eigenvalue weighted by atomic mass is 10.2. The summed E-state index contributed by atoms with van der Waals surface area (Å²) in [4.78, 5) is 21.6. The molecule has 5 nitrogen and oxygen atoms in total. The molecule has 2 amide bonds. The molecule has 0 heterocycles. The van der Waals surface area contributed by atoms with Gasteiger partial charge in [0, 0.05) is 6.54 Å². The van der Waals surface area contributed by atoms with Gasteiger partial charge in [0.2, 0.25) is 11.8 Å². The van der Waals surface area contributed by atoms with E-state index in [0.717, 1.165) is 0 Å². The highest BCUT2D eigenvalue weighted by Gasteiger charge is 2.15. The van der Waals surface area contributed by atoms with E-state index in [2.05, 4.69) is 10.6 Å². The molecule has 4 N–H and O–H groups in total. The van der Waals surface area contributed by atoms with Crippen LogP contribution in [0.25, 0.3) is 0 Å². The van der Waals surface area contributed by atoms with Crippen molar-refractivity contribution in [2.45, 2.75) is 19.4 Å². The lowest BCUT2D eigenvalue weighted by Crippen LogP contribution is -2.43. The maximum Gasteiger partial charge on any atom is 0.235 e. The maximum atomic E-state index is 11.0. The molecule has 0 aromatic rings. The van der Waals surface area contributed by atoms with Gasteiger partial charge in [-0.3, -0.25) is 9.59 Å². The number of amides is 2. The lowest BCUT2D eigenvalue weighted by molar-refractivity contribution is -0.126. The van der Waals surface area contributed by atoms with Gasteiger partial charge in [0.15, 0.2) is 0 Å². The Morgan fingerprint density at radius 3 is 2.42 bits per heavy atom. The molecule has 1 atom stereocenters. The molecule has 0 radical (unpaired) electrons. The molecule has 0 aliphatic heterocycles. The summed E-state index contributed by atoms with van der Waals surface area (Å²) in [7, 11) is 1.59. The van der Waals surface area contributed by atoms with E-state index >= 15 is 0 Å². The maximum absolute atomic E-state index is 11.0. The third-order valence-corrected chi connectivity index (χ3v) is 1.46. The molecule has 0 aliphatic carbocycles. The fourth-order valence-electron chi connectivity index (χ4n) is 0.800. The molecular formula is C7H15N3O2. The Kier molecular flexibility index (Phi) is 5.03. The molecule has 1 unspecified atom stereocenters. The molecule has 0 bridgehead atoms. The summed E-state index contributed by atoms with van der Waals surface area (Å²) in [5.41, 5.74) is 5.01. The molecule has 0 saturated heterocycles. The Bertz CT molecular complexity index is 170. The van der Waals surface area contributed by atoms with Gasteiger partial charge in [-0.25, -0.2) is 0 Å². The van der Waals surface area contributed by atoms with Crippen LogP contribution < -0.4 is 16.4 Å². The van der Waals surface area contributed by atoms with Crippen molar-refractivity contribution in [1.29, 1.82) is 0 Å². The number of hydrogen-bond acceptors (Lipinski definition) is 3. The summed E-state index contributed by atoms with van der Waals surface area (Å²) in [5, 5.41) is 5.23. The molecule has 0 aromatic heterocycles. The molecule has 5 heteroatoms. The van der Waals surface area contributed by atoms with Crippen LogP contribution in [0.2, 0.25) is 0 Å². The number of nitrogens with two attached hydrogens (primary N) is 1. The molecule has 0 fully saturated rings. The average Bonchev–Trinajstić information content (AvgIpc) is 2.00. The van der Waals surface area contributed by atoms with Crippen molar-refractivity contribution in [1.82, 2.24) is 10.6 Å². The molecule has 12 heavy (non-hydrogen) atoms. The number of nitrogens with one attached hydrogen (secondary N) is 2. The second-order valence-corrected chi connectivity index (χ2v) is 2.40. The minimum atomic E-state index is -0.573. The number of likely N-dealkylation sites (N-methyl/N-ethyl adjacent to an activating group) is 1. The summed E-state index contributed by atoms with van der Waals surface area (Å²) >= 11 is 0. The van der Waals surface area contributed by atoms with Crippen LogP contribution in [0.3, 0.4) is 0 Å². The Hall–Kier alpha value is -1.10. The Balaban J connectivity index is 3.85. The minimum absolute atomic E-state index is 0.0969. The summed E-state index contributed by atoms with van der Waals surface area (Å²) in [6, 6.07) is -0.573. The van der Waals surface area contributed by atoms with Crippen molar-refractivity contribution in [3.05, 3.63) is 0 Å². The van der Waals surface area contributed by atoms with Gasteiger partial charge >= 0.3 is 0 Å². The van der Waals surface area contributed by atoms with Crippen molar-refractivity contribution < 1.29 is 9.59 Å². The number of carbonyl (C=O) groups is 2. The summed E-state index contributed by atoms with van der Waals surface area (Å²) in [6.45, 7) is 2.38. The largest absolute Gasteiger partial charge is 0.368 e. The topological polar surface area (TPSA) is 84.2 Å². The quantitative estimate of drug-likeness (QED) is 0.477. The first-order valence-corrected chi connectivity index (χ1v) is 3.85. The van der Waals surface area contributed by atoms with Gasteiger partial charge in [0.1, 0.15) is 0 Å².